The van der Waals surface area contributed by atoms with Crippen LogP contribution in [0, 0.1) is 5.41 Å². The van der Waals surface area contributed by atoms with Gasteiger partial charge in [0.05, 0.1) is 12.3 Å². The fourth-order valence-electron chi connectivity index (χ4n) is 2.83. The number of nitrogens with zero attached hydrogens (tertiary/aromatic N) is 3. The predicted molar refractivity (Wildman–Crippen MR) is 72.5 cm³/mol. The molecule has 3 rings (SSSR count). The van der Waals surface area contributed by atoms with Crippen LogP contribution in [0.5, 0.6) is 0 Å². The van der Waals surface area contributed by atoms with Crippen molar-refractivity contribution < 1.29 is 13.5 Å². The molecule has 0 amide bonds. The Morgan fingerprint density at radius 2 is 2.30 bits per heavy atom. The highest BCUT2D eigenvalue weighted by molar-refractivity contribution is 7.89. The Labute approximate surface area is 118 Å². The molecule has 1 unspecified atom stereocenters. The molecule has 1 spiro atoms. The van der Waals surface area contributed by atoms with Crippen molar-refractivity contribution >= 4 is 10.0 Å². The molecule has 2 N–H and O–H groups in total. The number of hydrogen-bond donors (Lipinski definition) is 2. The molecule has 8 heteroatoms. The van der Waals surface area contributed by atoms with E-state index in [9.17, 15) is 13.5 Å². The largest absolute Gasteiger partial charge is 0.391 e. The van der Waals surface area contributed by atoms with E-state index in [1.165, 1.54) is 17.1 Å². The van der Waals surface area contributed by atoms with Gasteiger partial charge in [-0.05, 0) is 12.8 Å². The summed E-state index contributed by atoms with van der Waals surface area (Å²) < 4.78 is 28.0. The first-order valence-corrected chi connectivity index (χ1v) is 8.28. The van der Waals surface area contributed by atoms with E-state index in [-0.39, 0.29) is 16.4 Å². The summed E-state index contributed by atoms with van der Waals surface area (Å²) in [5.41, 5.74) is 0.113. The number of hydrogen-bond acceptors (Lipinski definition) is 5. The Balaban J connectivity index is 1.50. The van der Waals surface area contributed by atoms with E-state index in [0.717, 1.165) is 19.4 Å². The van der Waals surface area contributed by atoms with Gasteiger partial charge in [-0.3, -0.25) is 9.58 Å². The van der Waals surface area contributed by atoms with Crippen LogP contribution in [0.1, 0.15) is 12.8 Å². The Morgan fingerprint density at radius 3 is 2.85 bits per heavy atom. The Bertz CT molecular complexity index is 594. The Kier molecular flexibility index (Phi) is 3.36. The molecular weight excluding hydrogens is 280 g/mol. The molecule has 1 aliphatic heterocycles. The van der Waals surface area contributed by atoms with Gasteiger partial charge in [-0.2, -0.15) is 5.10 Å². The summed E-state index contributed by atoms with van der Waals surface area (Å²) in [6.07, 6.45) is 4.73. The Morgan fingerprint density at radius 1 is 1.55 bits per heavy atom. The molecule has 20 heavy (non-hydrogen) atoms. The minimum absolute atomic E-state index is 0.113. The highest BCUT2D eigenvalue weighted by Crippen LogP contribution is 2.52. The number of β-amino-alcohol motifs (C(OH)–C–C–N with tert-alkyl or cyclic N) is 1. The van der Waals surface area contributed by atoms with E-state index >= 15 is 0 Å². The number of rotatable bonds is 5. The minimum atomic E-state index is -3.48. The summed E-state index contributed by atoms with van der Waals surface area (Å²) in [5.74, 6) is 0. The van der Waals surface area contributed by atoms with Crippen LogP contribution < -0.4 is 4.72 Å². The lowest BCUT2D eigenvalue weighted by Crippen LogP contribution is -2.34. The zero-order chi connectivity index (χ0) is 14.4. The van der Waals surface area contributed by atoms with Crippen molar-refractivity contribution in [2.24, 2.45) is 12.5 Å². The molecule has 1 saturated heterocycles. The average Bonchev–Trinajstić information content (AvgIpc) is 2.90. The lowest BCUT2D eigenvalue weighted by molar-refractivity contribution is 0.131. The average molecular weight is 300 g/mol. The second-order valence-corrected chi connectivity index (χ2v) is 7.63. The maximum atomic E-state index is 12.0. The first-order chi connectivity index (χ1) is 9.41. The normalized spacial score (nSPS) is 25.4. The zero-order valence-electron chi connectivity index (χ0n) is 11.5. The highest BCUT2D eigenvalue weighted by atomic mass is 32.2. The van der Waals surface area contributed by atoms with E-state index < -0.39 is 10.0 Å². The zero-order valence-corrected chi connectivity index (χ0v) is 12.3. The molecule has 2 heterocycles. The van der Waals surface area contributed by atoms with E-state index in [1.54, 1.807) is 7.05 Å². The quantitative estimate of drug-likeness (QED) is 0.740. The maximum Gasteiger partial charge on any atom is 0.243 e. The summed E-state index contributed by atoms with van der Waals surface area (Å²) in [5, 5.41) is 13.8. The molecular formula is C12H20N4O3S. The van der Waals surface area contributed by atoms with Crippen molar-refractivity contribution in [3.05, 3.63) is 12.4 Å². The van der Waals surface area contributed by atoms with Crippen molar-refractivity contribution in [1.82, 2.24) is 19.4 Å². The highest BCUT2D eigenvalue weighted by Gasteiger charge is 2.54. The van der Waals surface area contributed by atoms with Crippen molar-refractivity contribution in [2.45, 2.75) is 23.8 Å². The molecule has 7 nitrogen and oxygen atoms in total. The van der Waals surface area contributed by atoms with Crippen LogP contribution in [0.25, 0.3) is 0 Å². The van der Waals surface area contributed by atoms with Gasteiger partial charge in [0, 0.05) is 44.8 Å². The van der Waals surface area contributed by atoms with E-state index in [2.05, 4.69) is 14.7 Å². The third-order valence-corrected chi connectivity index (χ3v) is 5.70. The monoisotopic (exact) mass is 300 g/mol. The van der Waals surface area contributed by atoms with Gasteiger partial charge in [-0.15, -0.1) is 0 Å². The summed E-state index contributed by atoms with van der Waals surface area (Å²) in [6, 6.07) is 0. The molecule has 1 saturated carbocycles. The second kappa shape index (κ2) is 4.80. The number of aromatic nitrogens is 2. The molecule has 112 valence electrons. The topological polar surface area (TPSA) is 87.5 Å². The standard InChI is InChI=1S/C12H20N4O3S/c1-15-7-10(6-13-15)20(18,19)14-4-5-16-8-11(17)12(9-16)2-3-12/h6-7,11,14,17H,2-5,8-9H2,1H3. The van der Waals surface area contributed by atoms with Gasteiger partial charge >= 0.3 is 0 Å². The van der Waals surface area contributed by atoms with E-state index in [0.29, 0.717) is 19.6 Å². The van der Waals surface area contributed by atoms with Crippen LogP contribution >= 0.6 is 0 Å². The maximum absolute atomic E-state index is 12.0. The van der Waals surface area contributed by atoms with Gasteiger partial charge < -0.3 is 5.11 Å². The van der Waals surface area contributed by atoms with Crippen LogP contribution in [-0.2, 0) is 17.1 Å². The van der Waals surface area contributed by atoms with Gasteiger partial charge in [0.15, 0.2) is 0 Å². The molecule has 2 aliphatic rings. The van der Waals surface area contributed by atoms with Crippen molar-refractivity contribution in [3.8, 4) is 0 Å². The third-order valence-electron chi connectivity index (χ3n) is 4.28. The summed E-state index contributed by atoms with van der Waals surface area (Å²) in [7, 11) is -1.80. The first kappa shape index (κ1) is 14.0. The van der Waals surface area contributed by atoms with Crippen LogP contribution in [-0.4, -0.2) is 60.5 Å². The fourth-order valence-corrected chi connectivity index (χ4v) is 3.84. The predicted octanol–water partition coefficient (Wildman–Crippen LogP) is -0.845. The summed E-state index contributed by atoms with van der Waals surface area (Å²) >= 11 is 0. The number of aliphatic hydroxyl groups excluding tert-OH is 1. The molecule has 1 aromatic rings. The molecule has 1 atom stereocenters. The molecule has 1 aromatic heterocycles. The third kappa shape index (κ3) is 2.60. The summed E-state index contributed by atoms with van der Waals surface area (Å²) in [6.45, 7) is 2.50. The smallest absolute Gasteiger partial charge is 0.243 e. The van der Waals surface area contributed by atoms with Crippen LogP contribution in [0.15, 0.2) is 17.3 Å². The van der Waals surface area contributed by atoms with Gasteiger partial charge in [-0.1, -0.05) is 0 Å². The lowest BCUT2D eigenvalue weighted by atomic mass is 10.0. The first-order valence-electron chi connectivity index (χ1n) is 6.80. The number of aryl methyl sites for hydroxylation is 1. The van der Waals surface area contributed by atoms with Gasteiger partial charge in [-0.25, -0.2) is 13.1 Å². The number of nitrogens with one attached hydrogen (secondary N) is 1. The molecule has 1 aliphatic carbocycles. The van der Waals surface area contributed by atoms with Crippen molar-refractivity contribution in [3.63, 3.8) is 0 Å². The van der Waals surface area contributed by atoms with Crippen molar-refractivity contribution in [2.75, 3.05) is 26.2 Å². The van der Waals surface area contributed by atoms with Crippen LogP contribution in [0.2, 0.25) is 0 Å². The SMILES string of the molecule is Cn1cc(S(=O)(=O)NCCN2CC(O)C3(CC3)C2)cn1. The van der Waals surface area contributed by atoms with Gasteiger partial charge in [0.1, 0.15) is 4.90 Å². The van der Waals surface area contributed by atoms with Crippen molar-refractivity contribution in [1.29, 1.82) is 0 Å². The molecule has 2 fully saturated rings. The van der Waals surface area contributed by atoms with Crippen LogP contribution in [0.3, 0.4) is 0 Å². The molecule has 0 radical (unpaired) electrons. The minimum Gasteiger partial charge on any atom is -0.391 e. The number of likely N-dealkylation sites (tertiary alicyclic amines) is 1. The number of aliphatic hydroxyl groups is 1. The lowest BCUT2D eigenvalue weighted by Gasteiger charge is -2.15. The molecule has 0 bridgehead atoms. The van der Waals surface area contributed by atoms with Crippen LogP contribution in [0.4, 0.5) is 0 Å². The number of sulfonamides is 1. The van der Waals surface area contributed by atoms with Gasteiger partial charge in [0.2, 0.25) is 10.0 Å². The summed E-state index contributed by atoms with van der Waals surface area (Å²) in [4.78, 5) is 2.31. The second-order valence-electron chi connectivity index (χ2n) is 5.86. The molecule has 0 aromatic carbocycles. The van der Waals surface area contributed by atoms with Gasteiger partial charge in [0.25, 0.3) is 0 Å². The van der Waals surface area contributed by atoms with E-state index in [1.807, 2.05) is 0 Å². The fraction of sp³-hybridized carbons (Fsp3) is 0.750. The van der Waals surface area contributed by atoms with E-state index in [4.69, 9.17) is 0 Å². The Hall–Kier alpha value is -0.960.